The van der Waals surface area contributed by atoms with E-state index < -0.39 is 0 Å². The molecule has 0 amide bonds. The Morgan fingerprint density at radius 3 is 0.708 bits per heavy atom. The third kappa shape index (κ3) is 9.78. The van der Waals surface area contributed by atoms with Gasteiger partial charge in [-0.3, -0.25) is 0 Å². The van der Waals surface area contributed by atoms with Crippen LogP contribution in [0.4, 0.5) is 0 Å². The van der Waals surface area contributed by atoms with Gasteiger partial charge in [0.15, 0.2) is 0 Å². The highest BCUT2D eigenvalue weighted by Gasteiger charge is 2.18. The Morgan fingerprint density at radius 1 is 0.0938 bits per heavy atom. The van der Waals surface area contributed by atoms with E-state index in [-0.39, 0.29) is 0 Å². The van der Waals surface area contributed by atoms with Crippen molar-refractivity contribution >= 4 is 97.0 Å². The van der Waals surface area contributed by atoms with Crippen LogP contribution in [0.1, 0.15) is 0 Å². The molecule has 19 rings (SSSR count). The fourth-order valence-corrected chi connectivity index (χ4v) is 15.3. The molecule has 0 radical (unpaired) electrons. The minimum absolute atomic E-state index is 1.15. The quantitative estimate of drug-likeness (QED) is 0.126. The number of fused-ring (bicyclic) bond motifs is 12. The van der Waals surface area contributed by atoms with Crippen LogP contribution in [0.5, 0.6) is 0 Å². The van der Waals surface area contributed by atoms with Crippen molar-refractivity contribution in [2.45, 2.75) is 0 Å². The highest BCUT2D eigenvalue weighted by atomic mass is 14.2. The molecular weight excluding hydrogens is 1150 g/mol. The molecule has 0 aliphatic rings. The molecule has 96 heavy (non-hydrogen) atoms. The van der Waals surface area contributed by atoms with Gasteiger partial charge in [0.05, 0.1) is 0 Å². The van der Waals surface area contributed by atoms with Crippen molar-refractivity contribution in [3.8, 4) is 100 Å². The number of benzene rings is 19. The van der Waals surface area contributed by atoms with Gasteiger partial charge in [0.25, 0.3) is 0 Å². The number of rotatable bonds is 9. The van der Waals surface area contributed by atoms with E-state index in [4.69, 9.17) is 0 Å². The third-order valence-corrected chi connectivity index (χ3v) is 20.3. The van der Waals surface area contributed by atoms with Gasteiger partial charge in [0.1, 0.15) is 0 Å². The van der Waals surface area contributed by atoms with Crippen molar-refractivity contribution < 1.29 is 0 Å². The average molecular weight is 1210 g/mol. The summed E-state index contributed by atoms with van der Waals surface area (Å²) < 4.78 is 0. The number of hydrogen-bond acceptors (Lipinski definition) is 0. The van der Waals surface area contributed by atoms with Gasteiger partial charge in [-0.1, -0.05) is 267 Å². The van der Waals surface area contributed by atoms with Crippen molar-refractivity contribution in [2.24, 2.45) is 0 Å². The molecular formula is C96H60. The first-order valence-corrected chi connectivity index (χ1v) is 33.3. The van der Waals surface area contributed by atoms with Crippen LogP contribution in [-0.2, 0) is 0 Å². The fraction of sp³-hybridized carbons (Fsp3) is 0. The molecule has 444 valence electrons. The highest BCUT2D eigenvalue weighted by Crippen LogP contribution is 2.44. The fourth-order valence-electron chi connectivity index (χ4n) is 15.3. The summed E-state index contributed by atoms with van der Waals surface area (Å²) in [6.45, 7) is 0. The summed E-state index contributed by atoms with van der Waals surface area (Å²) in [5.74, 6) is 0. The molecule has 0 aliphatic heterocycles. The largest absolute Gasteiger partial charge is 0.0616 e. The summed E-state index contributed by atoms with van der Waals surface area (Å²) in [6.07, 6.45) is 0. The van der Waals surface area contributed by atoms with E-state index >= 15 is 0 Å². The Balaban J connectivity index is 0.783. The molecule has 0 fully saturated rings. The van der Waals surface area contributed by atoms with Crippen LogP contribution in [0.3, 0.4) is 0 Å². The van der Waals surface area contributed by atoms with Gasteiger partial charge in [-0.15, -0.1) is 0 Å². The first-order valence-electron chi connectivity index (χ1n) is 33.3. The lowest BCUT2D eigenvalue weighted by molar-refractivity contribution is 1.56. The Kier molecular flexibility index (Phi) is 13.0. The lowest BCUT2D eigenvalue weighted by atomic mass is 9.87. The zero-order valence-electron chi connectivity index (χ0n) is 52.6. The number of hydrogen-bond donors (Lipinski definition) is 0. The minimum Gasteiger partial charge on any atom is -0.0616 e. The molecule has 0 heterocycles. The van der Waals surface area contributed by atoms with E-state index in [1.165, 1.54) is 164 Å². The molecule has 0 atom stereocenters. The summed E-state index contributed by atoms with van der Waals surface area (Å²) in [4.78, 5) is 0. The summed E-state index contributed by atoms with van der Waals surface area (Å²) >= 11 is 0. The summed E-state index contributed by atoms with van der Waals surface area (Å²) in [6, 6.07) is 136. The molecule has 0 saturated carbocycles. The van der Waals surface area contributed by atoms with Crippen molar-refractivity contribution in [1.82, 2.24) is 0 Å². The van der Waals surface area contributed by atoms with Crippen LogP contribution < -0.4 is 0 Å². The molecule has 0 unspecified atom stereocenters. The molecule has 0 saturated heterocycles. The van der Waals surface area contributed by atoms with Crippen LogP contribution in [0, 0.1) is 0 Å². The van der Waals surface area contributed by atoms with Gasteiger partial charge in [0, 0.05) is 0 Å². The van der Waals surface area contributed by atoms with Gasteiger partial charge in [-0.25, -0.2) is 0 Å². The molecule has 19 aromatic rings. The lowest BCUT2D eigenvalue weighted by Crippen LogP contribution is -1.90. The van der Waals surface area contributed by atoms with E-state index in [1.807, 2.05) is 0 Å². The highest BCUT2D eigenvalue weighted by molar-refractivity contribution is 6.26. The smallest absolute Gasteiger partial charge is 0.00928 e. The maximum Gasteiger partial charge on any atom is -0.00928 e. The topological polar surface area (TPSA) is 0 Å². The normalized spacial score (nSPS) is 11.8. The van der Waals surface area contributed by atoms with Crippen LogP contribution >= 0.6 is 0 Å². The van der Waals surface area contributed by atoms with Gasteiger partial charge in [-0.2, -0.15) is 0 Å². The van der Waals surface area contributed by atoms with Crippen molar-refractivity contribution in [3.63, 3.8) is 0 Å². The molecule has 0 bridgehead atoms. The Hall–Kier alpha value is -12.5. The summed E-state index contributed by atoms with van der Waals surface area (Å²) in [5.41, 5.74) is 21.3. The maximum atomic E-state index is 2.43. The van der Waals surface area contributed by atoms with E-state index in [0.717, 1.165) is 33.4 Å². The lowest BCUT2D eigenvalue weighted by Gasteiger charge is -2.16. The van der Waals surface area contributed by atoms with E-state index in [1.54, 1.807) is 0 Å². The van der Waals surface area contributed by atoms with Crippen LogP contribution in [0.2, 0.25) is 0 Å². The Labute approximate surface area is 557 Å². The standard InChI is InChI=1S/C96H60/c1-5-19-65-45-73(35-31-61(65)15-1)83-56-85-51-75(39-42-87(85)94(59-83)78-37-33-63-17-3-7-21-67(63)49-78)81-53-80(72-26-14-24-70(48-72)69-23-13-25-71(47-69)77-41-44-93-91-29-10-9-27-89(91)90-28-11-12-30-92(90)96(93)58-77)54-82(55-81)76-40-43-88-86(52-76)57-84(74-36-32-62-16-2-6-20-66(62)46-74)60-95(88)79-38-34-64-18-4-8-22-68(64)50-79/h1-60H. The zero-order chi connectivity index (χ0) is 63.2. The van der Waals surface area contributed by atoms with E-state index in [9.17, 15) is 0 Å². The monoisotopic (exact) mass is 1210 g/mol. The van der Waals surface area contributed by atoms with Crippen LogP contribution in [0.15, 0.2) is 364 Å². The first-order chi connectivity index (χ1) is 47.5. The molecule has 0 N–H and O–H groups in total. The summed E-state index contributed by atoms with van der Waals surface area (Å²) in [7, 11) is 0. The van der Waals surface area contributed by atoms with Gasteiger partial charge >= 0.3 is 0 Å². The minimum atomic E-state index is 1.15. The first kappa shape index (κ1) is 55.2. The maximum absolute atomic E-state index is 2.43. The van der Waals surface area contributed by atoms with Gasteiger partial charge < -0.3 is 0 Å². The van der Waals surface area contributed by atoms with Gasteiger partial charge in [0.2, 0.25) is 0 Å². The molecule has 0 spiro atoms. The van der Waals surface area contributed by atoms with Crippen LogP contribution in [-0.4, -0.2) is 0 Å². The molecule has 0 aromatic heterocycles. The predicted octanol–water partition coefficient (Wildman–Crippen LogP) is 27.1. The Bertz CT molecular complexity index is 6100. The van der Waals surface area contributed by atoms with Crippen molar-refractivity contribution in [1.29, 1.82) is 0 Å². The molecule has 0 aliphatic carbocycles. The summed E-state index contributed by atoms with van der Waals surface area (Å²) in [5, 5.41) is 22.4. The average Bonchev–Trinajstić information content (AvgIpc) is 0.756. The second-order valence-corrected chi connectivity index (χ2v) is 26.0. The zero-order valence-corrected chi connectivity index (χ0v) is 52.6. The second kappa shape index (κ2) is 22.7. The predicted molar refractivity (Wildman–Crippen MR) is 413 cm³/mol. The van der Waals surface area contributed by atoms with E-state index in [0.29, 0.717) is 0 Å². The Morgan fingerprint density at radius 2 is 0.323 bits per heavy atom. The molecule has 0 nitrogen and oxygen atoms in total. The van der Waals surface area contributed by atoms with E-state index in [2.05, 4.69) is 364 Å². The van der Waals surface area contributed by atoms with Gasteiger partial charge in [-0.05, 0) is 294 Å². The van der Waals surface area contributed by atoms with Crippen LogP contribution in [0.25, 0.3) is 197 Å². The van der Waals surface area contributed by atoms with Crippen molar-refractivity contribution in [3.05, 3.63) is 364 Å². The second-order valence-electron chi connectivity index (χ2n) is 26.0. The van der Waals surface area contributed by atoms with Crippen molar-refractivity contribution in [2.75, 3.05) is 0 Å². The molecule has 19 aromatic carbocycles. The molecule has 0 heteroatoms. The SMILES string of the molecule is c1cc(-c2cccc(-c3ccc4c5ccccc5c5ccccc5c4c3)c2)cc(-c2cc(-c3ccc4c(-c5ccc6ccccc6c5)cc(-c5ccc6ccccc6c5)cc4c3)cc(-c3ccc4c(-c5ccc6ccccc6c5)cc(-c5ccc6ccccc6c5)cc4c3)c2)c1. The third-order valence-electron chi connectivity index (χ3n) is 20.3.